The number of hydrogen-bond acceptors (Lipinski definition) is 5. The van der Waals surface area contributed by atoms with E-state index in [0.29, 0.717) is 36.7 Å². The number of imidazole rings is 1. The Labute approximate surface area is 209 Å². The predicted molar refractivity (Wildman–Crippen MR) is 137 cm³/mol. The fourth-order valence-electron chi connectivity index (χ4n) is 4.90. The van der Waals surface area contributed by atoms with E-state index >= 15 is 0 Å². The second-order valence-corrected chi connectivity index (χ2v) is 9.17. The van der Waals surface area contributed by atoms with Gasteiger partial charge in [-0.2, -0.15) is 0 Å². The Hall–Kier alpha value is -4.20. The van der Waals surface area contributed by atoms with Crippen LogP contribution in [-0.4, -0.2) is 38.4 Å². The Morgan fingerprint density at radius 2 is 1.75 bits per heavy atom. The van der Waals surface area contributed by atoms with Crippen molar-refractivity contribution in [3.63, 3.8) is 0 Å². The van der Waals surface area contributed by atoms with E-state index in [1.54, 1.807) is 19.1 Å². The second-order valence-electron chi connectivity index (χ2n) is 9.17. The smallest absolute Gasteiger partial charge is 0.273 e. The molecule has 1 aromatic heterocycles. The Morgan fingerprint density at radius 1 is 1.03 bits per heavy atom. The molecule has 1 aliphatic heterocycles. The van der Waals surface area contributed by atoms with E-state index < -0.39 is 4.92 Å². The van der Waals surface area contributed by atoms with Crippen molar-refractivity contribution < 1.29 is 14.5 Å². The molecular formula is C28H28N4O4. The summed E-state index contributed by atoms with van der Waals surface area (Å²) in [6.45, 7) is 4.05. The minimum absolute atomic E-state index is 0.0204. The zero-order chi connectivity index (χ0) is 25.1. The molecule has 8 nitrogen and oxygen atoms in total. The van der Waals surface area contributed by atoms with E-state index in [1.807, 2.05) is 53.4 Å². The van der Waals surface area contributed by atoms with Crippen molar-refractivity contribution in [1.29, 1.82) is 0 Å². The monoisotopic (exact) mass is 484 g/mol. The zero-order valence-corrected chi connectivity index (χ0v) is 20.2. The molecule has 0 unspecified atom stereocenters. The van der Waals surface area contributed by atoms with Gasteiger partial charge in [-0.3, -0.25) is 14.9 Å². The Kier molecular flexibility index (Phi) is 6.66. The Balaban J connectivity index is 1.28. The summed E-state index contributed by atoms with van der Waals surface area (Å²) < 4.78 is 8.24. The number of likely N-dealkylation sites (tertiary alicyclic amines) is 1. The lowest BCUT2D eigenvalue weighted by molar-refractivity contribution is -0.385. The van der Waals surface area contributed by atoms with Gasteiger partial charge >= 0.3 is 0 Å². The first-order chi connectivity index (χ1) is 17.5. The largest absolute Gasteiger partial charge is 0.486 e. The molecule has 5 rings (SSSR count). The standard InChI is InChI=1S/C28H28N4O4/c1-20-23(10-7-13-25(20)32(34)35)28(33)30-16-14-21(15-17-30)18-31-26-12-6-5-11-24(26)29-27(31)19-36-22-8-3-2-4-9-22/h2-13,21H,14-19H2,1H3. The fourth-order valence-corrected chi connectivity index (χ4v) is 4.90. The third-order valence-electron chi connectivity index (χ3n) is 6.92. The third-order valence-corrected chi connectivity index (χ3v) is 6.92. The van der Waals surface area contributed by atoms with Crippen LogP contribution < -0.4 is 4.74 Å². The van der Waals surface area contributed by atoms with E-state index in [2.05, 4.69) is 10.6 Å². The SMILES string of the molecule is Cc1c(C(=O)N2CCC(Cn3c(COc4ccccc4)nc4ccccc43)CC2)cccc1[N+](=O)[O-]. The van der Waals surface area contributed by atoms with Crippen LogP contribution in [-0.2, 0) is 13.2 Å². The number of piperidine rings is 1. The first-order valence-electron chi connectivity index (χ1n) is 12.2. The van der Waals surface area contributed by atoms with Gasteiger partial charge in [-0.1, -0.05) is 36.4 Å². The minimum atomic E-state index is -0.438. The van der Waals surface area contributed by atoms with E-state index in [-0.39, 0.29) is 11.6 Å². The van der Waals surface area contributed by atoms with Crippen molar-refractivity contribution in [3.8, 4) is 5.75 Å². The summed E-state index contributed by atoms with van der Waals surface area (Å²) in [5.74, 6) is 1.93. The number of carbonyl (C=O) groups is 1. The molecule has 184 valence electrons. The maximum atomic E-state index is 13.1. The molecule has 0 N–H and O–H groups in total. The van der Waals surface area contributed by atoms with Gasteiger partial charge in [-0.25, -0.2) is 4.98 Å². The van der Waals surface area contributed by atoms with Gasteiger partial charge in [-0.05, 0) is 56.0 Å². The summed E-state index contributed by atoms with van der Waals surface area (Å²) in [4.78, 5) is 30.6. The molecule has 0 aliphatic carbocycles. The molecule has 0 atom stereocenters. The van der Waals surface area contributed by atoms with Crippen LogP contribution in [0.1, 0.15) is 34.6 Å². The number of nitro groups is 1. The highest BCUT2D eigenvalue weighted by Crippen LogP contribution is 2.27. The summed E-state index contributed by atoms with van der Waals surface area (Å²) in [6.07, 6.45) is 1.70. The van der Waals surface area contributed by atoms with Crippen molar-refractivity contribution in [2.24, 2.45) is 5.92 Å². The van der Waals surface area contributed by atoms with Gasteiger partial charge < -0.3 is 14.2 Å². The fraction of sp³-hybridized carbons (Fsp3) is 0.286. The number of aromatic nitrogens is 2. The van der Waals surface area contributed by atoms with E-state index in [4.69, 9.17) is 9.72 Å². The summed E-state index contributed by atoms with van der Waals surface area (Å²) in [7, 11) is 0. The lowest BCUT2D eigenvalue weighted by Crippen LogP contribution is -2.39. The van der Waals surface area contributed by atoms with Gasteiger partial charge in [0.05, 0.1) is 16.0 Å². The number of hydrogen-bond donors (Lipinski definition) is 0. The number of rotatable bonds is 7. The molecule has 36 heavy (non-hydrogen) atoms. The van der Waals surface area contributed by atoms with Crippen molar-refractivity contribution in [1.82, 2.24) is 14.5 Å². The van der Waals surface area contributed by atoms with Crippen LogP contribution in [0.4, 0.5) is 5.69 Å². The molecule has 1 aliphatic rings. The first kappa shape index (κ1) is 23.5. The zero-order valence-electron chi connectivity index (χ0n) is 20.2. The number of ether oxygens (including phenoxy) is 1. The number of nitro benzene ring substituents is 1. The molecule has 0 spiro atoms. The van der Waals surface area contributed by atoms with Crippen molar-refractivity contribution in [3.05, 3.63) is 99.9 Å². The summed E-state index contributed by atoms with van der Waals surface area (Å²) in [6, 6.07) is 22.5. The topological polar surface area (TPSA) is 90.5 Å². The van der Waals surface area contributed by atoms with Crippen LogP contribution in [0.2, 0.25) is 0 Å². The molecule has 4 aromatic rings. The maximum absolute atomic E-state index is 13.1. The van der Waals surface area contributed by atoms with Gasteiger partial charge in [0.1, 0.15) is 18.2 Å². The Morgan fingerprint density at radius 3 is 2.50 bits per heavy atom. The molecule has 2 heterocycles. The van der Waals surface area contributed by atoms with Crippen molar-refractivity contribution in [2.45, 2.75) is 32.9 Å². The Bertz CT molecular complexity index is 1390. The average Bonchev–Trinajstić information content (AvgIpc) is 3.25. The van der Waals surface area contributed by atoms with Gasteiger partial charge in [0, 0.05) is 36.8 Å². The van der Waals surface area contributed by atoms with Crippen LogP contribution >= 0.6 is 0 Å². The molecule has 1 amide bonds. The number of para-hydroxylation sites is 3. The van der Waals surface area contributed by atoms with E-state index in [1.165, 1.54) is 6.07 Å². The highest BCUT2D eigenvalue weighted by molar-refractivity contribution is 5.96. The van der Waals surface area contributed by atoms with Crippen LogP contribution in [0.15, 0.2) is 72.8 Å². The highest BCUT2D eigenvalue weighted by Gasteiger charge is 2.27. The molecule has 1 fully saturated rings. The van der Waals surface area contributed by atoms with Gasteiger partial charge in [0.25, 0.3) is 11.6 Å². The van der Waals surface area contributed by atoms with Crippen LogP contribution in [0, 0.1) is 23.0 Å². The molecule has 1 saturated heterocycles. The highest BCUT2D eigenvalue weighted by atomic mass is 16.6. The molecule has 8 heteroatoms. The number of benzene rings is 3. The normalized spacial score (nSPS) is 14.2. The molecule has 0 saturated carbocycles. The first-order valence-corrected chi connectivity index (χ1v) is 12.2. The predicted octanol–water partition coefficient (Wildman–Crippen LogP) is 5.38. The van der Waals surface area contributed by atoms with Gasteiger partial charge in [0.2, 0.25) is 0 Å². The third kappa shape index (κ3) is 4.79. The van der Waals surface area contributed by atoms with E-state index in [0.717, 1.165) is 42.0 Å². The van der Waals surface area contributed by atoms with Crippen LogP contribution in [0.5, 0.6) is 5.75 Å². The maximum Gasteiger partial charge on any atom is 0.273 e. The average molecular weight is 485 g/mol. The van der Waals surface area contributed by atoms with Gasteiger partial charge in [0.15, 0.2) is 0 Å². The number of nitrogens with zero attached hydrogens (tertiary/aromatic N) is 4. The summed E-state index contributed by atoms with van der Waals surface area (Å²) in [5.41, 5.74) is 2.83. The van der Waals surface area contributed by atoms with Crippen LogP contribution in [0.25, 0.3) is 11.0 Å². The lowest BCUT2D eigenvalue weighted by Gasteiger charge is -2.33. The van der Waals surface area contributed by atoms with Crippen molar-refractivity contribution >= 4 is 22.6 Å². The second kappa shape index (κ2) is 10.2. The van der Waals surface area contributed by atoms with Crippen LogP contribution in [0.3, 0.4) is 0 Å². The number of amides is 1. The van der Waals surface area contributed by atoms with Gasteiger partial charge in [-0.15, -0.1) is 0 Å². The quantitative estimate of drug-likeness (QED) is 0.259. The summed E-state index contributed by atoms with van der Waals surface area (Å²) >= 11 is 0. The van der Waals surface area contributed by atoms with E-state index in [9.17, 15) is 14.9 Å². The summed E-state index contributed by atoms with van der Waals surface area (Å²) in [5, 5.41) is 11.3. The number of fused-ring (bicyclic) bond motifs is 1. The van der Waals surface area contributed by atoms with Crippen molar-refractivity contribution in [2.75, 3.05) is 13.1 Å². The molecule has 0 radical (unpaired) electrons. The minimum Gasteiger partial charge on any atom is -0.486 e. The molecular weight excluding hydrogens is 456 g/mol. The number of carbonyl (C=O) groups excluding carboxylic acids is 1. The molecule has 3 aromatic carbocycles. The lowest BCUT2D eigenvalue weighted by atomic mass is 9.95. The molecule has 0 bridgehead atoms.